The molecule has 0 saturated carbocycles. The number of nitrogens with one attached hydrogen (secondary N) is 2. The number of ether oxygens (including phenoxy) is 2. The zero-order valence-electron chi connectivity index (χ0n) is 19.1. The van der Waals surface area contributed by atoms with E-state index in [2.05, 4.69) is 10.6 Å². The van der Waals surface area contributed by atoms with Gasteiger partial charge < -0.3 is 25.2 Å². The first kappa shape index (κ1) is 26.0. The van der Waals surface area contributed by atoms with Crippen LogP contribution < -0.4 is 20.1 Å². The van der Waals surface area contributed by atoms with Gasteiger partial charge in [-0.3, -0.25) is 9.59 Å². The number of carboxylic acids is 1. The second-order valence-electron chi connectivity index (χ2n) is 7.56. The topological polar surface area (TPSA) is 114 Å². The molecule has 0 unspecified atom stereocenters. The largest absolute Gasteiger partial charge is 0.497 e. The van der Waals surface area contributed by atoms with Gasteiger partial charge in [-0.05, 0) is 35.6 Å². The molecule has 8 nitrogen and oxygen atoms in total. The molecule has 2 amide bonds. The summed E-state index contributed by atoms with van der Waals surface area (Å²) in [6, 6.07) is 3.34. The number of carbonyl (C=O) groups is 3. The highest BCUT2D eigenvalue weighted by Crippen LogP contribution is 2.23. The number of amides is 2. The molecular weight excluding hydrogens is 400 g/mol. The highest BCUT2D eigenvalue weighted by molar-refractivity contribution is 5.96. The van der Waals surface area contributed by atoms with Crippen LogP contribution >= 0.6 is 0 Å². The average molecular weight is 435 g/mol. The zero-order valence-corrected chi connectivity index (χ0v) is 19.1. The third kappa shape index (κ3) is 7.96. The third-order valence-corrected chi connectivity index (χ3v) is 5.37. The molecule has 1 aromatic carbocycles. The van der Waals surface area contributed by atoms with Gasteiger partial charge in [-0.2, -0.15) is 0 Å². The van der Waals surface area contributed by atoms with Crippen LogP contribution in [-0.2, 0) is 14.4 Å². The molecule has 0 aliphatic carbocycles. The van der Waals surface area contributed by atoms with Gasteiger partial charge in [-0.15, -0.1) is 0 Å². The standard InChI is InChI=1S/C23H34N2O6/c1-7-14(3)20(22(27)25-21(23(28)29)15(4)8-2)24-19(26)10-9-16-11-17(30-5)13-18(12-16)31-6/h9-15,20-21H,7-8H2,1-6H3,(H,24,26)(H,25,27)(H,28,29)/b10-9+/t14-,15-,20-,21-/m0/s1. The van der Waals surface area contributed by atoms with Crippen LogP contribution in [0.3, 0.4) is 0 Å². The fourth-order valence-corrected chi connectivity index (χ4v) is 2.93. The Morgan fingerprint density at radius 1 is 0.935 bits per heavy atom. The van der Waals surface area contributed by atoms with Crippen LogP contribution in [-0.4, -0.2) is 49.2 Å². The van der Waals surface area contributed by atoms with Crippen molar-refractivity contribution in [2.24, 2.45) is 11.8 Å². The molecule has 3 N–H and O–H groups in total. The van der Waals surface area contributed by atoms with E-state index in [-0.39, 0.29) is 11.8 Å². The molecular formula is C23H34N2O6. The molecule has 0 aromatic heterocycles. The van der Waals surface area contributed by atoms with Crippen molar-refractivity contribution in [1.29, 1.82) is 0 Å². The number of aliphatic carboxylic acids is 1. The Hall–Kier alpha value is -3.03. The van der Waals surface area contributed by atoms with Crippen molar-refractivity contribution in [1.82, 2.24) is 10.6 Å². The summed E-state index contributed by atoms with van der Waals surface area (Å²) in [7, 11) is 3.07. The number of carboxylic acid groups (broad SMARTS) is 1. The van der Waals surface area contributed by atoms with Gasteiger partial charge in [-0.25, -0.2) is 4.79 Å². The summed E-state index contributed by atoms with van der Waals surface area (Å²) in [5, 5.41) is 14.7. The molecule has 1 rings (SSSR count). The van der Waals surface area contributed by atoms with E-state index < -0.39 is 29.9 Å². The number of methoxy groups -OCH3 is 2. The van der Waals surface area contributed by atoms with Crippen molar-refractivity contribution >= 4 is 23.9 Å². The van der Waals surface area contributed by atoms with Crippen LogP contribution in [0.2, 0.25) is 0 Å². The molecule has 8 heteroatoms. The molecule has 0 aliphatic heterocycles. The Kier molecular flexibility index (Phi) is 10.6. The van der Waals surface area contributed by atoms with Crippen LogP contribution in [0.15, 0.2) is 24.3 Å². The molecule has 0 saturated heterocycles. The highest BCUT2D eigenvalue weighted by Gasteiger charge is 2.31. The summed E-state index contributed by atoms with van der Waals surface area (Å²) in [4.78, 5) is 36.9. The van der Waals surface area contributed by atoms with Gasteiger partial charge in [0, 0.05) is 12.1 Å². The van der Waals surface area contributed by atoms with Gasteiger partial charge in [0.25, 0.3) is 0 Å². The Labute approximate surface area is 184 Å². The maximum Gasteiger partial charge on any atom is 0.326 e. The van der Waals surface area contributed by atoms with E-state index in [4.69, 9.17) is 9.47 Å². The molecule has 0 spiro atoms. The lowest BCUT2D eigenvalue weighted by Crippen LogP contribution is -2.55. The predicted molar refractivity (Wildman–Crippen MR) is 119 cm³/mol. The zero-order chi connectivity index (χ0) is 23.6. The quantitative estimate of drug-likeness (QED) is 0.436. The van der Waals surface area contributed by atoms with Crippen LogP contribution in [0, 0.1) is 11.8 Å². The van der Waals surface area contributed by atoms with Crippen molar-refractivity contribution in [2.75, 3.05) is 14.2 Å². The molecule has 0 radical (unpaired) electrons. The van der Waals surface area contributed by atoms with Gasteiger partial charge in [-0.1, -0.05) is 40.5 Å². The Bertz CT molecular complexity index is 770. The molecule has 0 fully saturated rings. The summed E-state index contributed by atoms with van der Waals surface area (Å²) in [5.41, 5.74) is 0.693. The lowest BCUT2D eigenvalue weighted by atomic mass is 9.95. The lowest BCUT2D eigenvalue weighted by molar-refractivity contribution is -0.144. The maximum absolute atomic E-state index is 12.8. The normalized spacial score (nSPS) is 14.9. The van der Waals surface area contributed by atoms with Crippen LogP contribution in [0.5, 0.6) is 11.5 Å². The minimum Gasteiger partial charge on any atom is -0.497 e. The van der Waals surface area contributed by atoms with E-state index in [1.807, 2.05) is 20.8 Å². The van der Waals surface area contributed by atoms with Gasteiger partial charge in [0.1, 0.15) is 23.6 Å². The molecule has 31 heavy (non-hydrogen) atoms. The van der Waals surface area contributed by atoms with E-state index in [1.54, 1.807) is 31.2 Å². The van der Waals surface area contributed by atoms with Crippen molar-refractivity contribution in [3.05, 3.63) is 29.8 Å². The van der Waals surface area contributed by atoms with Gasteiger partial charge in [0.15, 0.2) is 0 Å². The first-order valence-corrected chi connectivity index (χ1v) is 10.4. The second-order valence-corrected chi connectivity index (χ2v) is 7.56. The van der Waals surface area contributed by atoms with E-state index in [1.165, 1.54) is 20.3 Å². The number of hydrogen-bond acceptors (Lipinski definition) is 5. The van der Waals surface area contributed by atoms with Gasteiger partial charge in [0.05, 0.1) is 14.2 Å². The third-order valence-electron chi connectivity index (χ3n) is 5.37. The van der Waals surface area contributed by atoms with Crippen LogP contribution in [0.1, 0.15) is 46.1 Å². The predicted octanol–water partition coefficient (Wildman–Crippen LogP) is 2.86. The second kappa shape index (κ2) is 12.6. The van der Waals surface area contributed by atoms with E-state index in [0.29, 0.717) is 29.9 Å². The Morgan fingerprint density at radius 3 is 1.90 bits per heavy atom. The summed E-state index contributed by atoms with van der Waals surface area (Å²) in [5.74, 6) is -1.31. The number of carbonyl (C=O) groups excluding carboxylic acids is 2. The van der Waals surface area contributed by atoms with Crippen LogP contribution in [0.4, 0.5) is 0 Å². The molecule has 1 aromatic rings. The van der Waals surface area contributed by atoms with Crippen molar-refractivity contribution < 1.29 is 29.0 Å². The number of benzene rings is 1. The summed E-state index contributed by atoms with van der Waals surface area (Å²) in [6.07, 6.45) is 4.14. The fourth-order valence-electron chi connectivity index (χ4n) is 2.93. The lowest BCUT2D eigenvalue weighted by Gasteiger charge is -2.27. The minimum atomic E-state index is -1.09. The highest BCUT2D eigenvalue weighted by atomic mass is 16.5. The first-order chi connectivity index (χ1) is 14.7. The smallest absolute Gasteiger partial charge is 0.326 e. The Balaban J connectivity index is 2.97. The Morgan fingerprint density at radius 2 is 1.45 bits per heavy atom. The molecule has 4 atom stereocenters. The number of rotatable bonds is 12. The minimum absolute atomic E-state index is 0.180. The molecule has 0 heterocycles. The molecule has 0 aliphatic rings. The molecule has 172 valence electrons. The van der Waals surface area contributed by atoms with Crippen LogP contribution in [0.25, 0.3) is 6.08 Å². The molecule has 0 bridgehead atoms. The van der Waals surface area contributed by atoms with Crippen molar-refractivity contribution in [3.63, 3.8) is 0 Å². The van der Waals surface area contributed by atoms with Crippen molar-refractivity contribution in [3.8, 4) is 11.5 Å². The van der Waals surface area contributed by atoms with E-state index in [9.17, 15) is 19.5 Å². The monoisotopic (exact) mass is 434 g/mol. The van der Waals surface area contributed by atoms with E-state index in [0.717, 1.165) is 0 Å². The number of hydrogen-bond donors (Lipinski definition) is 3. The van der Waals surface area contributed by atoms with Gasteiger partial charge in [0.2, 0.25) is 11.8 Å². The van der Waals surface area contributed by atoms with Gasteiger partial charge >= 0.3 is 5.97 Å². The average Bonchev–Trinajstić information content (AvgIpc) is 2.77. The first-order valence-electron chi connectivity index (χ1n) is 10.4. The maximum atomic E-state index is 12.8. The summed E-state index contributed by atoms with van der Waals surface area (Å²) >= 11 is 0. The fraction of sp³-hybridized carbons (Fsp3) is 0.522. The SMILES string of the molecule is CC[C@H](C)[C@H](NC(=O)[C@@H](NC(=O)/C=C/c1cc(OC)cc(OC)c1)[C@@H](C)CC)C(=O)O. The van der Waals surface area contributed by atoms with E-state index >= 15 is 0 Å². The summed E-state index contributed by atoms with van der Waals surface area (Å²) in [6.45, 7) is 7.36. The summed E-state index contributed by atoms with van der Waals surface area (Å²) < 4.78 is 10.4. The van der Waals surface area contributed by atoms with Crippen molar-refractivity contribution in [2.45, 2.75) is 52.6 Å².